The van der Waals surface area contributed by atoms with Crippen LogP contribution in [0.15, 0.2) is 0 Å². The summed E-state index contributed by atoms with van der Waals surface area (Å²) in [5.74, 6) is 0. The Kier molecular flexibility index (Phi) is 4.66. The van der Waals surface area contributed by atoms with Crippen molar-refractivity contribution in [3.8, 4) is 0 Å². The lowest BCUT2D eigenvalue weighted by molar-refractivity contribution is 0.0769. The predicted molar refractivity (Wildman–Crippen MR) is 69.7 cm³/mol. The first kappa shape index (κ1) is 12.4. The summed E-state index contributed by atoms with van der Waals surface area (Å²) in [6.07, 6.45) is 9.82. The minimum absolute atomic E-state index is 0.744. The van der Waals surface area contributed by atoms with Crippen LogP contribution in [0.25, 0.3) is 0 Å². The molecule has 2 fully saturated rings. The molecule has 2 rings (SSSR count). The molecule has 2 atom stereocenters. The van der Waals surface area contributed by atoms with Crippen molar-refractivity contribution in [3.05, 3.63) is 0 Å². The molecule has 1 saturated carbocycles. The van der Waals surface area contributed by atoms with E-state index < -0.39 is 0 Å². The average Bonchev–Trinajstić information content (AvgIpc) is 2.83. The molecule has 1 aliphatic heterocycles. The van der Waals surface area contributed by atoms with Gasteiger partial charge in [-0.1, -0.05) is 33.1 Å². The average molecular weight is 224 g/mol. The first-order valence-corrected chi connectivity index (χ1v) is 7.34. The maximum absolute atomic E-state index is 3.72. The summed E-state index contributed by atoms with van der Waals surface area (Å²) in [5, 5.41) is 3.72. The molecule has 1 aliphatic carbocycles. The van der Waals surface area contributed by atoms with E-state index in [1.165, 1.54) is 58.0 Å². The first-order valence-electron chi connectivity index (χ1n) is 7.34. The van der Waals surface area contributed by atoms with E-state index in [1.54, 1.807) is 0 Å². The van der Waals surface area contributed by atoms with Gasteiger partial charge in [0.2, 0.25) is 0 Å². The van der Waals surface area contributed by atoms with E-state index in [9.17, 15) is 0 Å². The third-order valence-corrected chi connectivity index (χ3v) is 4.45. The van der Waals surface area contributed by atoms with Crippen LogP contribution in [0.3, 0.4) is 0 Å². The second-order valence-electron chi connectivity index (χ2n) is 5.59. The molecule has 0 aromatic heterocycles. The van der Waals surface area contributed by atoms with Crippen molar-refractivity contribution >= 4 is 0 Å². The highest BCUT2D eigenvalue weighted by molar-refractivity contribution is 4.90. The molecule has 0 spiro atoms. The highest BCUT2D eigenvalue weighted by Gasteiger charge is 2.32. The Labute approximate surface area is 101 Å². The zero-order chi connectivity index (χ0) is 11.4. The number of nitrogens with zero attached hydrogens (tertiary/aromatic N) is 1. The Morgan fingerprint density at radius 3 is 2.56 bits per heavy atom. The van der Waals surface area contributed by atoms with Gasteiger partial charge < -0.3 is 5.32 Å². The van der Waals surface area contributed by atoms with E-state index in [0.717, 1.165) is 18.1 Å². The van der Waals surface area contributed by atoms with Crippen LogP contribution in [0.4, 0.5) is 0 Å². The smallest absolute Gasteiger partial charge is 0.0224 e. The van der Waals surface area contributed by atoms with Crippen LogP contribution in [0.1, 0.15) is 58.8 Å². The van der Waals surface area contributed by atoms with Crippen molar-refractivity contribution in [1.82, 2.24) is 10.2 Å². The Hall–Kier alpha value is -0.0800. The number of hydrogen-bond donors (Lipinski definition) is 1. The lowest BCUT2D eigenvalue weighted by atomic mass is 10.00. The standard InChI is InChI=1S/C14H28N2/c1-3-7-14-10-15-12(4-2)11-16(14)13-8-5-6-9-13/h12-15H,3-11H2,1-2H3. The van der Waals surface area contributed by atoms with Gasteiger partial charge >= 0.3 is 0 Å². The lowest BCUT2D eigenvalue weighted by Crippen LogP contribution is -2.58. The minimum atomic E-state index is 0.744. The third-order valence-electron chi connectivity index (χ3n) is 4.45. The fourth-order valence-electron chi connectivity index (χ4n) is 3.45. The van der Waals surface area contributed by atoms with Crippen molar-refractivity contribution in [1.29, 1.82) is 0 Å². The summed E-state index contributed by atoms with van der Waals surface area (Å²) in [5.41, 5.74) is 0. The van der Waals surface area contributed by atoms with Crippen LogP contribution in [-0.4, -0.2) is 36.1 Å². The largest absolute Gasteiger partial charge is 0.311 e. The molecular formula is C14H28N2. The molecule has 0 radical (unpaired) electrons. The van der Waals surface area contributed by atoms with Crippen LogP contribution in [0, 0.1) is 0 Å². The van der Waals surface area contributed by atoms with E-state index in [4.69, 9.17) is 0 Å². The van der Waals surface area contributed by atoms with Crippen molar-refractivity contribution in [2.75, 3.05) is 13.1 Å². The van der Waals surface area contributed by atoms with Gasteiger partial charge in [-0.15, -0.1) is 0 Å². The Morgan fingerprint density at radius 1 is 1.19 bits per heavy atom. The highest BCUT2D eigenvalue weighted by atomic mass is 15.3. The van der Waals surface area contributed by atoms with Crippen molar-refractivity contribution in [2.24, 2.45) is 0 Å². The van der Waals surface area contributed by atoms with E-state index in [2.05, 4.69) is 24.1 Å². The SMILES string of the molecule is CCCC1CNC(CC)CN1C1CCCC1. The summed E-state index contributed by atoms with van der Waals surface area (Å²) in [6.45, 7) is 7.15. The quantitative estimate of drug-likeness (QED) is 0.790. The minimum Gasteiger partial charge on any atom is -0.311 e. The molecule has 0 aromatic rings. The zero-order valence-electron chi connectivity index (χ0n) is 11.0. The Morgan fingerprint density at radius 2 is 1.94 bits per heavy atom. The molecule has 1 saturated heterocycles. The van der Waals surface area contributed by atoms with Crippen LogP contribution < -0.4 is 5.32 Å². The maximum Gasteiger partial charge on any atom is 0.0224 e. The van der Waals surface area contributed by atoms with Crippen molar-refractivity contribution < 1.29 is 0 Å². The van der Waals surface area contributed by atoms with Crippen LogP contribution in [-0.2, 0) is 0 Å². The Balaban J connectivity index is 1.95. The van der Waals surface area contributed by atoms with Gasteiger partial charge in [0.1, 0.15) is 0 Å². The first-order chi connectivity index (χ1) is 7.85. The number of hydrogen-bond acceptors (Lipinski definition) is 2. The summed E-state index contributed by atoms with van der Waals surface area (Å²) < 4.78 is 0. The van der Waals surface area contributed by atoms with E-state index in [0.29, 0.717) is 0 Å². The third kappa shape index (κ3) is 2.78. The van der Waals surface area contributed by atoms with E-state index >= 15 is 0 Å². The monoisotopic (exact) mass is 224 g/mol. The van der Waals surface area contributed by atoms with Gasteiger partial charge in [0.25, 0.3) is 0 Å². The Bertz CT molecular complexity index is 199. The molecule has 16 heavy (non-hydrogen) atoms. The van der Waals surface area contributed by atoms with Gasteiger partial charge in [-0.3, -0.25) is 4.90 Å². The molecule has 2 nitrogen and oxygen atoms in total. The van der Waals surface area contributed by atoms with Crippen molar-refractivity contribution in [2.45, 2.75) is 76.9 Å². The summed E-state index contributed by atoms with van der Waals surface area (Å²) in [6, 6.07) is 2.47. The second kappa shape index (κ2) is 6.02. The van der Waals surface area contributed by atoms with Crippen LogP contribution in [0.5, 0.6) is 0 Å². The fourth-order valence-corrected chi connectivity index (χ4v) is 3.45. The number of nitrogens with one attached hydrogen (secondary N) is 1. The molecule has 94 valence electrons. The zero-order valence-corrected chi connectivity index (χ0v) is 11.0. The molecule has 0 bridgehead atoms. The molecule has 2 unspecified atom stereocenters. The van der Waals surface area contributed by atoms with Gasteiger partial charge in [-0.2, -0.15) is 0 Å². The summed E-state index contributed by atoms with van der Waals surface area (Å²) >= 11 is 0. The van der Waals surface area contributed by atoms with Crippen LogP contribution in [0.2, 0.25) is 0 Å². The van der Waals surface area contributed by atoms with Gasteiger partial charge in [-0.05, 0) is 25.7 Å². The van der Waals surface area contributed by atoms with Gasteiger partial charge in [0.05, 0.1) is 0 Å². The molecular weight excluding hydrogens is 196 g/mol. The molecule has 0 amide bonds. The summed E-state index contributed by atoms with van der Waals surface area (Å²) in [4.78, 5) is 2.85. The lowest BCUT2D eigenvalue weighted by Gasteiger charge is -2.43. The molecule has 2 heteroatoms. The summed E-state index contributed by atoms with van der Waals surface area (Å²) in [7, 11) is 0. The van der Waals surface area contributed by atoms with Crippen LogP contribution >= 0.6 is 0 Å². The molecule has 2 aliphatic rings. The number of piperazine rings is 1. The number of rotatable bonds is 4. The second-order valence-corrected chi connectivity index (χ2v) is 5.59. The van der Waals surface area contributed by atoms with Gasteiger partial charge in [0.15, 0.2) is 0 Å². The topological polar surface area (TPSA) is 15.3 Å². The molecule has 1 N–H and O–H groups in total. The molecule has 1 heterocycles. The van der Waals surface area contributed by atoms with Gasteiger partial charge in [-0.25, -0.2) is 0 Å². The van der Waals surface area contributed by atoms with E-state index in [-0.39, 0.29) is 0 Å². The van der Waals surface area contributed by atoms with E-state index in [1.807, 2.05) is 0 Å². The van der Waals surface area contributed by atoms with Gasteiger partial charge in [0, 0.05) is 31.2 Å². The predicted octanol–water partition coefficient (Wildman–Crippen LogP) is 2.78. The fraction of sp³-hybridized carbons (Fsp3) is 1.00. The molecule has 0 aromatic carbocycles. The maximum atomic E-state index is 3.72. The normalized spacial score (nSPS) is 33.4. The highest BCUT2D eigenvalue weighted by Crippen LogP contribution is 2.28. The van der Waals surface area contributed by atoms with Crippen molar-refractivity contribution in [3.63, 3.8) is 0 Å².